The third-order valence-electron chi connectivity index (χ3n) is 6.04. The van der Waals surface area contributed by atoms with Crippen LogP contribution in [0.15, 0.2) is 53.0 Å². The van der Waals surface area contributed by atoms with Crippen LogP contribution < -0.4 is 10.6 Å². The van der Waals surface area contributed by atoms with Crippen molar-refractivity contribution in [3.63, 3.8) is 0 Å². The number of hydrogen-bond donors (Lipinski definition) is 1. The van der Waals surface area contributed by atoms with Crippen molar-refractivity contribution in [3.05, 3.63) is 77.9 Å². The second kappa shape index (κ2) is 9.38. The Morgan fingerprint density at radius 1 is 1.33 bits per heavy atom. The Hall–Kier alpha value is -3.15. The number of hydrogen-bond acceptors (Lipinski definition) is 7. The molecule has 1 aromatic heterocycles. The van der Waals surface area contributed by atoms with Crippen LogP contribution in [-0.2, 0) is 11.2 Å². The fraction of sp³-hybridized carbons (Fsp3) is 0.333. The average molecular weight is 483 g/mol. The van der Waals surface area contributed by atoms with Gasteiger partial charge >= 0.3 is 0 Å². The van der Waals surface area contributed by atoms with E-state index >= 15 is 0 Å². The molecule has 2 heterocycles. The molecule has 0 saturated heterocycles. The molecule has 1 aliphatic heterocycles. The van der Waals surface area contributed by atoms with E-state index in [2.05, 4.69) is 19.1 Å². The first-order valence-electron chi connectivity index (χ1n) is 10.9. The largest absolute Gasteiger partial charge is 0.384 e. The van der Waals surface area contributed by atoms with E-state index < -0.39 is 10.8 Å². The molecule has 33 heavy (non-hydrogen) atoms. The zero-order chi connectivity index (χ0) is 23.7. The number of non-ortho nitro benzene ring substituents is 1. The summed E-state index contributed by atoms with van der Waals surface area (Å²) in [6.07, 6.45) is 4.68. The van der Waals surface area contributed by atoms with Crippen molar-refractivity contribution in [1.82, 2.24) is 0 Å². The maximum Gasteiger partial charge on any atom is 0.271 e. The van der Waals surface area contributed by atoms with E-state index in [1.54, 1.807) is 16.2 Å². The normalized spacial score (nSPS) is 18.4. The lowest BCUT2D eigenvalue weighted by molar-refractivity contribution is -0.384. The summed E-state index contributed by atoms with van der Waals surface area (Å²) in [4.78, 5) is 27.8. The lowest BCUT2D eigenvalue weighted by Gasteiger charge is -2.39. The topological polar surface area (TPSA) is 113 Å². The fourth-order valence-electron chi connectivity index (χ4n) is 4.47. The zero-order valence-electron chi connectivity index (χ0n) is 18.1. The van der Waals surface area contributed by atoms with E-state index in [9.17, 15) is 20.2 Å². The molecule has 0 amide bonds. The van der Waals surface area contributed by atoms with Gasteiger partial charge in [-0.25, -0.2) is 0 Å². The number of anilines is 1. The second-order valence-corrected chi connectivity index (χ2v) is 9.72. The molecule has 2 aliphatic rings. The predicted molar refractivity (Wildman–Crippen MR) is 129 cm³/mol. The van der Waals surface area contributed by atoms with Gasteiger partial charge in [-0.3, -0.25) is 19.8 Å². The lowest BCUT2D eigenvalue weighted by atomic mass is 9.78. The number of allylic oxidation sites excluding steroid dienone is 3. The zero-order valence-corrected chi connectivity index (χ0v) is 19.7. The highest BCUT2D eigenvalue weighted by molar-refractivity contribution is 7.12. The Kier molecular flexibility index (Phi) is 6.54. The molecule has 1 unspecified atom stereocenters. The van der Waals surface area contributed by atoms with Crippen LogP contribution >= 0.6 is 22.9 Å². The van der Waals surface area contributed by atoms with Gasteiger partial charge in [0.25, 0.3) is 5.69 Å². The maximum atomic E-state index is 13.2. The number of aryl methyl sites for hydroxylation is 1. The van der Waals surface area contributed by atoms with E-state index in [1.807, 2.05) is 6.07 Å². The number of thiophene rings is 1. The summed E-state index contributed by atoms with van der Waals surface area (Å²) in [6.45, 7) is 2.14. The van der Waals surface area contributed by atoms with Crippen LogP contribution in [0.5, 0.6) is 0 Å². The highest BCUT2D eigenvalue weighted by Gasteiger charge is 2.41. The SMILES string of the molecule is CCCCc1ccc(C2C(C#N)=C(N)N(c3cc([N+](=O)[O-])ccc3Cl)C3=C2C(=O)CCC3)s1. The van der Waals surface area contributed by atoms with Gasteiger partial charge in [-0.05, 0) is 43.9 Å². The summed E-state index contributed by atoms with van der Waals surface area (Å²) < 4.78 is 0. The summed E-state index contributed by atoms with van der Waals surface area (Å²) in [5, 5.41) is 21.7. The summed E-state index contributed by atoms with van der Waals surface area (Å²) in [5.41, 5.74) is 8.16. The van der Waals surface area contributed by atoms with Crippen LogP contribution in [-0.4, -0.2) is 10.7 Å². The number of nitrogens with zero attached hydrogens (tertiary/aromatic N) is 3. The summed E-state index contributed by atoms with van der Waals surface area (Å²) in [7, 11) is 0. The molecule has 1 aromatic carbocycles. The van der Waals surface area contributed by atoms with Crippen LogP contribution in [0.1, 0.15) is 54.7 Å². The standard InChI is InChI=1S/C24H23ClN4O3S/c1-2-3-5-15-9-11-21(33-15)22-16(13-26)24(27)28(18-6-4-7-20(30)23(18)22)19-12-14(29(31)32)8-10-17(19)25/h8-12,22H,2-7,27H2,1H3. The van der Waals surface area contributed by atoms with Crippen LogP contribution in [0.4, 0.5) is 11.4 Å². The monoisotopic (exact) mass is 482 g/mol. The quantitative estimate of drug-likeness (QED) is 0.401. The molecule has 0 spiro atoms. The minimum Gasteiger partial charge on any atom is -0.384 e. The van der Waals surface area contributed by atoms with Gasteiger partial charge in [0.1, 0.15) is 5.82 Å². The first-order valence-corrected chi connectivity index (χ1v) is 12.1. The van der Waals surface area contributed by atoms with Gasteiger partial charge in [0.05, 0.1) is 33.2 Å². The summed E-state index contributed by atoms with van der Waals surface area (Å²) >= 11 is 8.04. The van der Waals surface area contributed by atoms with E-state index in [0.29, 0.717) is 36.2 Å². The Morgan fingerprint density at radius 2 is 2.12 bits per heavy atom. The second-order valence-electron chi connectivity index (χ2n) is 8.12. The molecule has 7 nitrogen and oxygen atoms in total. The van der Waals surface area contributed by atoms with Crippen molar-refractivity contribution in [2.75, 3.05) is 4.90 Å². The molecular weight excluding hydrogens is 460 g/mol. The summed E-state index contributed by atoms with van der Waals surface area (Å²) in [5.74, 6) is -0.412. The van der Waals surface area contributed by atoms with E-state index in [1.165, 1.54) is 23.1 Å². The highest BCUT2D eigenvalue weighted by atomic mass is 35.5. The molecule has 0 fully saturated rings. The molecule has 2 N–H and O–H groups in total. The highest BCUT2D eigenvalue weighted by Crippen LogP contribution is 2.49. The lowest BCUT2D eigenvalue weighted by Crippen LogP contribution is -2.38. The van der Waals surface area contributed by atoms with Gasteiger partial charge in [-0.2, -0.15) is 5.26 Å². The molecule has 2 aromatic rings. The average Bonchev–Trinajstić information content (AvgIpc) is 3.26. The minimum atomic E-state index is -0.535. The van der Waals surface area contributed by atoms with Gasteiger partial charge < -0.3 is 5.73 Å². The maximum absolute atomic E-state index is 13.2. The smallest absolute Gasteiger partial charge is 0.271 e. The molecule has 1 atom stereocenters. The number of nitrogens with two attached hydrogens (primary N) is 1. The van der Waals surface area contributed by atoms with Gasteiger partial charge in [0.15, 0.2) is 5.78 Å². The number of nitriles is 1. The van der Waals surface area contributed by atoms with Crippen molar-refractivity contribution in [3.8, 4) is 6.07 Å². The summed E-state index contributed by atoms with van der Waals surface area (Å²) in [6, 6.07) is 10.3. The number of rotatable bonds is 6. The van der Waals surface area contributed by atoms with E-state index in [-0.39, 0.29) is 27.9 Å². The van der Waals surface area contributed by atoms with E-state index in [0.717, 1.165) is 24.1 Å². The molecule has 1 aliphatic carbocycles. The van der Waals surface area contributed by atoms with Gasteiger partial charge in [0, 0.05) is 39.6 Å². The minimum absolute atomic E-state index is 0.0310. The van der Waals surface area contributed by atoms with Crippen molar-refractivity contribution in [2.24, 2.45) is 5.73 Å². The molecule has 9 heteroatoms. The predicted octanol–water partition coefficient (Wildman–Crippen LogP) is 5.96. The third-order valence-corrected chi connectivity index (χ3v) is 7.57. The van der Waals surface area contributed by atoms with Gasteiger partial charge in [-0.1, -0.05) is 24.9 Å². The number of nitro groups is 1. The number of unbranched alkanes of at least 4 members (excludes halogenated alkanes) is 1. The molecule has 4 rings (SSSR count). The van der Waals surface area contributed by atoms with Crippen LogP contribution in [0.2, 0.25) is 5.02 Å². The van der Waals surface area contributed by atoms with Crippen molar-refractivity contribution in [2.45, 2.75) is 51.4 Å². The molecule has 0 bridgehead atoms. The first-order chi connectivity index (χ1) is 15.9. The van der Waals surface area contributed by atoms with Crippen molar-refractivity contribution < 1.29 is 9.72 Å². The van der Waals surface area contributed by atoms with Crippen LogP contribution in [0, 0.1) is 21.4 Å². The Balaban J connectivity index is 1.91. The number of ketones is 1. The number of Topliss-reactive ketones (excluding diaryl/α,β-unsaturated/α-hetero) is 1. The Bertz CT molecular complexity index is 1240. The number of carbonyl (C=O) groups is 1. The number of benzene rings is 1. The number of nitro benzene ring substituents is 1. The van der Waals surface area contributed by atoms with Crippen LogP contribution in [0.25, 0.3) is 0 Å². The Labute approximate surface area is 200 Å². The van der Waals surface area contributed by atoms with E-state index in [4.69, 9.17) is 17.3 Å². The molecular formula is C24H23ClN4O3S. The number of carbonyl (C=O) groups excluding carboxylic acids is 1. The van der Waals surface area contributed by atoms with Crippen molar-refractivity contribution in [1.29, 1.82) is 5.26 Å². The van der Waals surface area contributed by atoms with Gasteiger partial charge in [0.2, 0.25) is 0 Å². The molecule has 0 saturated carbocycles. The Morgan fingerprint density at radius 3 is 2.82 bits per heavy atom. The number of halogens is 1. The van der Waals surface area contributed by atoms with Crippen molar-refractivity contribution >= 4 is 40.1 Å². The van der Waals surface area contributed by atoms with Crippen LogP contribution in [0.3, 0.4) is 0 Å². The molecule has 170 valence electrons. The fourth-order valence-corrected chi connectivity index (χ4v) is 5.84. The van der Waals surface area contributed by atoms with Gasteiger partial charge in [-0.15, -0.1) is 11.3 Å². The first kappa shape index (κ1) is 23.0. The molecule has 0 radical (unpaired) electrons. The third kappa shape index (κ3) is 4.14.